The number of fused-ring (bicyclic) bond motifs is 1. The number of terminal acetylenes is 1. The smallest absolute Gasteiger partial charge is 0.353 e. The number of nitrogens with zero attached hydrogens (tertiary/aromatic N) is 3. The second-order valence-corrected chi connectivity index (χ2v) is 6.64. The second kappa shape index (κ2) is 5.61. The number of hydrogen-bond donors (Lipinski definition) is 1. The van der Waals surface area contributed by atoms with E-state index >= 15 is 0 Å². The average Bonchev–Trinajstić information content (AvgIpc) is 3.36. The Balaban J connectivity index is 2.01. The molecule has 0 bridgehead atoms. The standard InChI is InChI=1S/C19H15ClN4O/c1-3-19(8-9-19)23-17-14-7-6-13(20)11-16(14)24(18(25)22-17)15-5-4-10-21-12(15)2/h1,4-7,10-11H,8-9H2,2H3,(H,22,23,25). The minimum atomic E-state index is -0.402. The number of rotatable bonds is 3. The van der Waals surface area contributed by atoms with Crippen LogP contribution >= 0.6 is 11.6 Å². The van der Waals surface area contributed by atoms with Crippen LogP contribution < -0.4 is 11.0 Å². The van der Waals surface area contributed by atoms with Crippen molar-refractivity contribution in [3.8, 4) is 18.0 Å². The number of hydrogen-bond acceptors (Lipinski definition) is 4. The Morgan fingerprint density at radius 1 is 1.36 bits per heavy atom. The van der Waals surface area contributed by atoms with E-state index in [4.69, 9.17) is 18.0 Å². The first-order valence-electron chi connectivity index (χ1n) is 7.93. The van der Waals surface area contributed by atoms with Crippen LogP contribution in [0.25, 0.3) is 16.6 Å². The largest absolute Gasteiger partial charge is 0.354 e. The lowest BCUT2D eigenvalue weighted by Gasteiger charge is -2.17. The van der Waals surface area contributed by atoms with Gasteiger partial charge in [-0.15, -0.1) is 6.42 Å². The highest BCUT2D eigenvalue weighted by Gasteiger charge is 2.41. The second-order valence-electron chi connectivity index (χ2n) is 6.20. The average molecular weight is 351 g/mol. The minimum Gasteiger partial charge on any atom is -0.353 e. The predicted molar refractivity (Wildman–Crippen MR) is 99.3 cm³/mol. The van der Waals surface area contributed by atoms with E-state index in [1.807, 2.05) is 19.1 Å². The van der Waals surface area contributed by atoms with Crippen molar-refractivity contribution in [2.45, 2.75) is 25.3 Å². The number of aryl methyl sites for hydroxylation is 1. The van der Waals surface area contributed by atoms with E-state index in [9.17, 15) is 4.79 Å². The maximum Gasteiger partial charge on any atom is 0.354 e. The van der Waals surface area contributed by atoms with Crippen LogP contribution in [0.3, 0.4) is 0 Å². The molecular weight excluding hydrogens is 336 g/mol. The zero-order chi connectivity index (χ0) is 17.6. The molecule has 3 aromatic rings. The SMILES string of the molecule is C#CC1(Nc2nc(=O)n(-c3cccnc3C)c3cc(Cl)ccc23)CC1. The number of halogens is 1. The molecule has 1 aromatic carbocycles. The van der Waals surface area contributed by atoms with Crippen molar-refractivity contribution in [1.82, 2.24) is 14.5 Å². The van der Waals surface area contributed by atoms with Gasteiger partial charge in [-0.05, 0) is 50.1 Å². The Morgan fingerprint density at radius 3 is 2.84 bits per heavy atom. The van der Waals surface area contributed by atoms with Gasteiger partial charge < -0.3 is 5.32 Å². The zero-order valence-electron chi connectivity index (χ0n) is 13.6. The van der Waals surface area contributed by atoms with Gasteiger partial charge in [-0.25, -0.2) is 4.79 Å². The molecule has 1 fully saturated rings. The lowest BCUT2D eigenvalue weighted by molar-refractivity contribution is 0.906. The summed E-state index contributed by atoms with van der Waals surface area (Å²) in [6, 6.07) is 9.00. The molecule has 0 unspecified atom stereocenters. The van der Waals surface area contributed by atoms with Crippen molar-refractivity contribution in [1.29, 1.82) is 0 Å². The van der Waals surface area contributed by atoms with Gasteiger partial charge >= 0.3 is 5.69 Å². The van der Waals surface area contributed by atoms with Crippen molar-refractivity contribution in [2.75, 3.05) is 5.32 Å². The summed E-state index contributed by atoms with van der Waals surface area (Å²) in [5, 5.41) is 4.58. The third-order valence-electron chi connectivity index (χ3n) is 4.46. The fourth-order valence-electron chi connectivity index (χ4n) is 2.90. The van der Waals surface area contributed by atoms with Crippen LogP contribution in [0.5, 0.6) is 0 Å². The molecule has 0 saturated heterocycles. The summed E-state index contributed by atoms with van der Waals surface area (Å²) in [4.78, 5) is 21.3. The van der Waals surface area contributed by atoms with Gasteiger partial charge in [0.1, 0.15) is 5.82 Å². The molecular formula is C19H15ClN4O. The Morgan fingerprint density at radius 2 is 2.16 bits per heavy atom. The Hall–Kier alpha value is -2.84. The first kappa shape index (κ1) is 15.7. The quantitative estimate of drug-likeness (QED) is 0.736. The normalized spacial score (nSPS) is 14.9. The maximum absolute atomic E-state index is 12.8. The van der Waals surface area contributed by atoms with Crippen LogP contribution in [0, 0.1) is 19.3 Å². The van der Waals surface area contributed by atoms with Gasteiger partial charge in [-0.1, -0.05) is 17.5 Å². The molecule has 1 N–H and O–H groups in total. The van der Waals surface area contributed by atoms with E-state index in [0.29, 0.717) is 22.0 Å². The molecule has 0 aliphatic heterocycles. The molecule has 0 amide bonds. The fourth-order valence-corrected chi connectivity index (χ4v) is 3.06. The molecule has 5 nitrogen and oxygen atoms in total. The van der Waals surface area contributed by atoms with Crippen molar-refractivity contribution >= 4 is 28.3 Å². The predicted octanol–water partition coefficient (Wildman–Crippen LogP) is 3.32. The lowest BCUT2D eigenvalue weighted by Crippen LogP contribution is -2.27. The highest BCUT2D eigenvalue weighted by molar-refractivity contribution is 6.31. The molecule has 25 heavy (non-hydrogen) atoms. The Kier molecular flexibility index (Phi) is 3.52. The molecule has 1 saturated carbocycles. The summed E-state index contributed by atoms with van der Waals surface area (Å²) in [6.45, 7) is 1.85. The van der Waals surface area contributed by atoms with Crippen LogP contribution in [0.4, 0.5) is 5.82 Å². The molecule has 1 aliphatic rings. The topological polar surface area (TPSA) is 59.8 Å². The van der Waals surface area contributed by atoms with Crippen LogP contribution in [0.15, 0.2) is 41.3 Å². The van der Waals surface area contributed by atoms with E-state index in [1.54, 1.807) is 24.4 Å². The van der Waals surface area contributed by atoms with Crippen molar-refractivity contribution in [2.24, 2.45) is 0 Å². The first-order valence-corrected chi connectivity index (χ1v) is 8.31. The molecule has 2 aromatic heterocycles. The molecule has 4 rings (SSSR count). The van der Waals surface area contributed by atoms with E-state index in [2.05, 4.69) is 21.2 Å². The number of aromatic nitrogens is 3. The van der Waals surface area contributed by atoms with Gasteiger partial charge in [0.25, 0.3) is 0 Å². The van der Waals surface area contributed by atoms with Gasteiger partial charge in [0, 0.05) is 16.6 Å². The molecule has 1 aliphatic carbocycles. The van der Waals surface area contributed by atoms with Gasteiger partial charge in [0.15, 0.2) is 0 Å². The minimum absolute atomic E-state index is 0.400. The van der Waals surface area contributed by atoms with Crippen LogP contribution in [0.1, 0.15) is 18.5 Å². The third kappa shape index (κ3) is 2.65. The lowest BCUT2D eigenvalue weighted by atomic mass is 10.2. The summed E-state index contributed by atoms with van der Waals surface area (Å²) >= 11 is 6.19. The molecule has 2 heterocycles. The van der Waals surface area contributed by atoms with E-state index < -0.39 is 11.2 Å². The number of benzene rings is 1. The van der Waals surface area contributed by atoms with Gasteiger partial charge in [-0.3, -0.25) is 9.55 Å². The summed E-state index contributed by atoms with van der Waals surface area (Å²) in [5.74, 6) is 3.25. The van der Waals surface area contributed by atoms with E-state index in [-0.39, 0.29) is 0 Å². The van der Waals surface area contributed by atoms with Crippen LogP contribution in [-0.2, 0) is 0 Å². The first-order chi connectivity index (χ1) is 12.0. The van der Waals surface area contributed by atoms with Gasteiger partial charge in [0.2, 0.25) is 0 Å². The number of anilines is 1. The third-order valence-corrected chi connectivity index (χ3v) is 4.69. The summed E-state index contributed by atoms with van der Waals surface area (Å²) < 4.78 is 1.53. The zero-order valence-corrected chi connectivity index (χ0v) is 14.3. The molecule has 0 radical (unpaired) electrons. The van der Waals surface area contributed by atoms with E-state index in [1.165, 1.54) is 4.57 Å². The molecule has 124 valence electrons. The summed E-state index contributed by atoms with van der Waals surface area (Å²) in [7, 11) is 0. The van der Waals surface area contributed by atoms with Crippen molar-refractivity contribution in [3.63, 3.8) is 0 Å². The number of nitrogens with one attached hydrogen (secondary N) is 1. The highest BCUT2D eigenvalue weighted by Crippen LogP contribution is 2.39. The highest BCUT2D eigenvalue weighted by atomic mass is 35.5. The Bertz CT molecular complexity index is 1090. The Labute approximate surface area is 149 Å². The van der Waals surface area contributed by atoms with Gasteiger partial charge in [0.05, 0.1) is 22.4 Å². The fraction of sp³-hybridized carbons (Fsp3) is 0.211. The number of pyridine rings is 1. The summed E-state index contributed by atoms with van der Waals surface area (Å²) in [6.07, 6.45) is 9.03. The molecule has 6 heteroatoms. The molecule has 0 atom stereocenters. The van der Waals surface area contributed by atoms with Crippen molar-refractivity contribution < 1.29 is 0 Å². The van der Waals surface area contributed by atoms with Crippen molar-refractivity contribution in [3.05, 3.63) is 57.7 Å². The summed E-state index contributed by atoms with van der Waals surface area (Å²) in [5.41, 5.74) is 1.27. The van der Waals surface area contributed by atoms with E-state index in [0.717, 1.165) is 23.9 Å². The maximum atomic E-state index is 12.8. The van der Waals surface area contributed by atoms with Crippen LogP contribution in [0.2, 0.25) is 5.02 Å². The monoisotopic (exact) mass is 350 g/mol. The van der Waals surface area contributed by atoms with Crippen LogP contribution in [-0.4, -0.2) is 20.1 Å². The molecule has 0 spiro atoms. The van der Waals surface area contributed by atoms with Gasteiger partial charge in [-0.2, -0.15) is 4.98 Å².